The molecule has 1 unspecified atom stereocenters. The predicted molar refractivity (Wildman–Crippen MR) is 103 cm³/mol. The van der Waals surface area contributed by atoms with Crippen molar-refractivity contribution < 1.29 is 18.0 Å². The van der Waals surface area contributed by atoms with E-state index < -0.39 is 22.9 Å². The molecule has 2 aromatic heterocycles. The Morgan fingerprint density at radius 3 is 2.41 bits per heavy atom. The van der Waals surface area contributed by atoms with Crippen molar-refractivity contribution in [2.45, 2.75) is 71.8 Å². The number of carbonyl (C=O) groups excluding carboxylic acids is 1. The highest BCUT2D eigenvalue weighted by Crippen LogP contribution is 2.47. The van der Waals surface area contributed by atoms with E-state index in [1.807, 2.05) is 25.5 Å². The van der Waals surface area contributed by atoms with Crippen molar-refractivity contribution in [1.29, 1.82) is 0 Å². The maximum atomic E-state index is 13.3. The van der Waals surface area contributed by atoms with E-state index in [9.17, 15) is 18.0 Å². The van der Waals surface area contributed by atoms with Gasteiger partial charge in [-0.15, -0.1) is 0 Å². The first-order valence-electron chi connectivity index (χ1n) is 9.60. The van der Waals surface area contributed by atoms with Crippen LogP contribution in [0.25, 0.3) is 0 Å². The smallest absolute Gasteiger partial charge is 0.339 e. The Labute approximate surface area is 172 Å². The highest BCUT2D eigenvalue weighted by atomic mass is 35.5. The van der Waals surface area contributed by atoms with Gasteiger partial charge in [-0.2, -0.15) is 23.4 Å². The second kappa shape index (κ2) is 7.66. The highest BCUT2D eigenvalue weighted by molar-refractivity contribution is 6.32. The van der Waals surface area contributed by atoms with E-state index >= 15 is 0 Å². The Balaban J connectivity index is 1.88. The topological polar surface area (TPSA) is 56.0 Å². The zero-order valence-corrected chi connectivity index (χ0v) is 17.9. The van der Waals surface area contributed by atoms with Crippen LogP contribution >= 0.6 is 11.6 Å². The summed E-state index contributed by atoms with van der Waals surface area (Å²) in [6.07, 6.45) is -3.17. The number of amides is 1. The fourth-order valence-corrected chi connectivity index (χ4v) is 4.02. The summed E-state index contributed by atoms with van der Waals surface area (Å²) < 4.78 is 42.9. The van der Waals surface area contributed by atoms with Crippen LogP contribution in [0.1, 0.15) is 67.0 Å². The van der Waals surface area contributed by atoms with Gasteiger partial charge in [0.05, 0.1) is 16.4 Å². The first kappa shape index (κ1) is 21.7. The molecule has 0 aliphatic heterocycles. The number of hydrogen-bond acceptors (Lipinski definition) is 3. The molecule has 1 atom stereocenters. The maximum Gasteiger partial charge on any atom is 0.436 e. The first-order valence-corrected chi connectivity index (χ1v) is 9.98. The van der Waals surface area contributed by atoms with Crippen LogP contribution < -0.4 is 0 Å². The minimum absolute atomic E-state index is 0.0843. The average Bonchev–Trinajstić information content (AvgIpc) is 3.37. The number of nitrogens with zero attached hydrogens (tertiary/aromatic N) is 5. The Morgan fingerprint density at radius 1 is 1.31 bits per heavy atom. The molecule has 3 rings (SSSR count). The lowest BCUT2D eigenvalue weighted by molar-refractivity contribution is -0.142. The monoisotopic (exact) mass is 431 g/mol. The fraction of sp³-hybridized carbons (Fsp3) is 0.632. The number of aryl methyl sites for hydroxylation is 2. The number of rotatable bonds is 6. The van der Waals surface area contributed by atoms with Gasteiger partial charge in [-0.1, -0.05) is 11.6 Å². The molecule has 2 aromatic rings. The molecule has 1 aliphatic rings. The molecule has 0 aromatic carbocycles. The number of halogens is 4. The summed E-state index contributed by atoms with van der Waals surface area (Å²) in [5, 5.41) is 7.76. The summed E-state index contributed by atoms with van der Waals surface area (Å²) in [4.78, 5) is 14.5. The third-order valence-corrected chi connectivity index (χ3v) is 5.82. The number of likely N-dealkylation sites (N-methyl/N-ethyl adjacent to an activating group) is 1. The van der Waals surface area contributed by atoms with Gasteiger partial charge in [0.1, 0.15) is 6.04 Å². The number of hydrogen-bond donors (Lipinski definition) is 0. The van der Waals surface area contributed by atoms with Crippen LogP contribution in [-0.2, 0) is 24.1 Å². The van der Waals surface area contributed by atoms with E-state index in [0.29, 0.717) is 12.2 Å². The summed E-state index contributed by atoms with van der Waals surface area (Å²) >= 11 is 6.03. The van der Waals surface area contributed by atoms with Crippen molar-refractivity contribution in [3.63, 3.8) is 0 Å². The van der Waals surface area contributed by atoms with Crippen molar-refractivity contribution >= 4 is 17.5 Å². The Hall–Kier alpha value is -2.03. The highest BCUT2D eigenvalue weighted by Gasteiger charge is 2.43. The van der Waals surface area contributed by atoms with Crippen molar-refractivity contribution in [2.75, 3.05) is 7.05 Å². The Bertz CT molecular complexity index is 929. The molecule has 1 aliphatic carbocycles. The molecule has 6 nitrogen and oxygen atoms in total. The molecule has 2 heterocycles. The van der Waals surface area contributed by atoms with Crippen LogP contribution in [0.3, 0.4) is 0 Å². The maximum absolute atomic E-state index is 13.3. The molecule has 0 radical (unpaired) electrons. The van der Waals surface area contributed by atoms with E-state index in [4.69, 9.17) is 11.6 Å². The SMILES string of the molecule is CCn1nc(C)c(CN(C)C(=O)C(C)n2nc(C(F)(F)F)c(Cl)c2C2CC2)c1C. The molecule has 1 saturated carbocycles. The summed E-state index contributed by atoms with van der Waals surface area (Å²) in [6, 6.07) is -0.897. The molecule has 10 heteroatoms. The third-order valence-electron chi connectivity index (χ3n) is 5.45. The lowest BCUT2D eigenvalue weighted by Gasteiger charge is -2.23. The van der Waals surface area contributed by atoms with Crippen LogP contribution in [0.15, 0.2) is 0 Å². The van der Waals surface area contributed by atoms with E-state index in [1.165, 1.54) is 4.90 Å². The Morgan fingerprint density at radius 2 is 1.93 bits per heavy atom. The van der Waals surface area contributed by atoms with Crippen molar-refractivity contribution in [3.8, 4) is 0 Å². The van der Waals surface area contributed by atoms with Gasteiger partial charge >= 0.3 is 6.18 Å². The van der Waals surface area contributed by atoms with E-state index in [1.54, 1.807) is 14.0 Å². The number of carbonyl (C=O) groups is 1. The average molecular weight is 432 g/mol. The van der Waals surface area contributed by atoms with Crippen LogP contribution in [0.5, 0.6) is 0 Å². The normalized spacial score (nSPS) is 15.6. The van der Waals surface area contributed by atoms with E-state index in [0.717, 1.165) is 41.0 Å². The minimum atomic E-state index is -4.66. The third kappa shape index (κ3) is 4.01. The van der Waals surface area contributed by atoms with Gasteiger partial charge in [0.25, 0.3) is 0 Å². The van der Waals surface area contributed by atoms with Crippen LogP contribution in [0.4, 0.5) is 13.2 Å². The molecule has 0 bridgehead atoms. The first-order chi connectivity index (χ1) is 13.5. The molecule has 160 valence electrons. The Kier molecular flexibility index (Phi) is 5.73. The standard InChI is InChI=1S/C19H25ClF3N5O/c1-6-27-11(3)14(10(2)24-27)9-26(5)18(29)12(4)28-16(13-7-8-13)15(20)17(25-28)19(21,22)23/h12-13H,6-9H2,1-5H3. The van der Waals surface area contributed by atoms with Gasteiger partial charge in [-0.3, -0.25) is 14.2 Å². The molecular weight excluding hydrogens is 407 g/mol. The zero-order valence-electron chi connectivity index (χ0n) is 17.1. The van der Waals surface area contributed by atoms with E-state index in [2.05, 4.69) is 10.2 Å². The van der Waals surface area contributed by atoms with Crippen LogP contribution in [-0.4, -0.2) is 37.4 Å². The summed E-state index contributed by atoms with van der Waals surface area (Å²) in [5.74, 6) is -0.415. The molecule has 29 heavy (non-hydrogen) atoms. The van der Waals surface area contributed by atoms with E-state index in [-0.39, 0.29) is 11.8 Å². The minimum Gasteiger partial charge on any atom is -0.339 e. The van der Waals surface area contributed by atoms with Gasteiger partial charge in [0.15, 0.2) is 5.69 Å². The quantitative estimate of drug-likeness (QED) is 0.677. The predicted octanol–water partition coefficient (Wildman–Crippen LogP) is 4.49. The molecular formula is C19H25ClF3N5O. The van der Waals surface area contributed by atoms with Gasteiger partial charge in [0, 0.05) is 37.3 Å². The van der Waals surface area contributed by atoms with Gasteiger partial charge in [0.2, 0.25) is 5.91 Å². The molecule has 0 N–H and O–H groups in total. The van der Waals surface area contributed by atoms with Gasteiger partial charge in [-0.05, 0) is 40.5 Å². The summed E-state index contributed by atoms with van der Waals surface area (Å²) in [6.45, 7) is 8.40. The second-order valence-corrected chi connectivity index (χ2v) is 7.98. The van der Waals surface area contributed by atoms with Crippen molar-refractivity contribution in [2.24, 2.45) is 0 Å². The molecule has 1 fully saturated rings. The van der Waals surface area contributed by atoms with Crippen molar-refractivity contribution in [1.82, 2.24) is 24.5 Å². The fourth-order valence-electron chi connectivity index (χ4n) is 3.64. The molecule has 0 spiro atoms. The van der Waals surface area contributed by atoms with Gasteiger partial charge < -0.3 is 4.90 Å². The molecule has 0 saturated heterocycles. The summed E-state index contributed by atoms with van der Waals surface area (Å²) in [5.41, 5.74) is 1.92. The summed E-state index contributed by atoms with van der Waals surface area (Å²) in [7, 11) is 1.63. The largest absolute Gasteiger partial charge is 0.436 e. The van der Waals surface area contributed by atoms with Crippen LogP contribution in [0, 0.1) is 13.8 Å². The van der Waals surface area contributed by atoms with Crippen LogP contribution in [0.2, 0.25) is 5.02 Å². The van der Waals surface area contributed by atoms with Gasteiger partial charge in [-0.25, -0.2) is 0 Å². The lowest BCUT2D eigenvalue weighted by Crippen LogP contribution is -2.34. The molecule has 1 amide bonds. The van der Waals surface area contributed by atoms with Crippen molar-refractivity contribution in [3.05, 3.63) is 33.4 Å². The zero-order chi connectivity index (χ0) is 21.7. The second-order valence-electron chi connectivity index (χ2n) is 7.60. The number of aromatic nitrogens is 4. The number of alkyl halides is 3. The lowest BCUT2D eigenvalue weighted by atomic mass is 10.1.